The van der Waals surface area contributed by atoms with Crippen molar-refractivity contribution in [3.63, 3.8) is 0 Å². The molecule has 0 saturated carbocycles. The van der Waals surface area contributed by atoms with Crippen LogP contribution in [0.3, 0.4) is 0 Å². The van der Waals surface area contributed by atoms with Gasteiger partial charge < -0.3 is 9.64 Å². The fourth-order valence-electron chi connectivity index (χ4n) is 1.56. The molecule has 2 aromatic rings. The minimum atomic E-state index is 0.742. The molecule has 6 heteroatoms. The standard InChI is InChI=1S/C11H14N4OS/c1-7-5-9(10(16-4)6-8(7)2)15(3)11-12-13-14-17-11/h5-6H,1-4H3. The van der Waals surface area contributed by atoms with Crippen molar-refractivity contribution >= 4 is 22.4 Å². The molecule has 0 aliphatic rings. The Balaban J connectivity index is 2.47. The number of hydrogen-bond donors (Lipinski definition) is 0. The SMILES string of the molecule is COc1cc(C)c(C)cc1N(C)c1nnns1. The zero-order valence-electron chi connectivity index (χ0n) is 10.3. The summed E-state index contributed by atoms with van der Waals surface area (Å²) in [6, 6.07) is 4.10. The van der Waals surface area contributed by atoms with Crippen LogP contribution in [0.4, 0.5) is 10.8 Å². The van der Waals surface area contributed by atoms with Gasteiger partial charge in [-0.2, -0.15) is 0 Å². The molecule has 1 aromatic heterocycles. The largest absolute Gasteiger partial charge is 0.495 e. The molecule has 0 fully saturated rings. The Kier molecular flexibility index (Phi) is 3.23. The molecule has 1 aromatic carbocycles. The average molecular weight is 250 g/mol. The number of ether oxygens (including phenoxy) is 1. The Hall–Kier alpha value is -1.69. The fraction of sp³-hybridized carbons (Fsp3) is 0.364. The van der Waals surface area contributed by atoms with Gasteiger partial charge in [-0.25, -0.2) is 0 Å². The van der Waals surface area contributed by atoms with Crippen LogP contribution in [0.2, 0.25) is 0 Å². The summed E-state index contributed by atoms with van der Waals surface area (Å²) in [5.41, 5.74) is 3.38. The maximum absolute atomic E-state index is 5.39. The molecule has 0 N–H and O–H groups in total. The van der Waals surface area contributed by atoms with E-state index in [2.05, 4.69) is 34.7 Å². The minimum absolute atomic E-state index is 0.742. The lowest BCUT2D eigenvalue weighted by molar-refractivity contribution is 0.415. The van der Waals surface area contributed by atoms with E-state index in [0.717, 1.165) is 16.6 Å². The van der Waals surface area contributed by atoms with Gasteiger partial charge in [-0.05, 0) is 42.3 Å². The molecule has 0 saturated heterocycles. The van der Waals surface area contributed by atoms with Crippen molar-refractivity contribution in [1.29, 1.82) is 0 Å². The number of hydrogen-bond acceptors (Lipinski definition) is 6. The van der Waals surface area contributed by atoms with Crippen LogP contribution in [0.15, 0.2) is 12.1 Å². The number of aryl methyl sites for hydroxylation is 2. The first-order valence-corrected chi connectivity index (χ1v) is 5.95. The lowest BCUT2D eigenvalue weighted by atomic mass is 10.1. The van der Waals surface area contributed by atoms with E-state index in [1.54, 1.807) is 7.11 Å². The second-order valence-corrected chi connectivity index (χ2v) is 4.52. The molecular formula is C11H14N4OS. The highest BCUT2D eigenvalue weighted by molar-refractivity contribution is 7.09. The monoisotopic (exact) mass is 250 g/mol. The van der Waals surface area contributed by atoms with Gasteiger partial charge in [-0.3, -0.25) is 0 Å². The Morgan fingerprint density at radius 3 is 2.53 bits per heavy atom. The van der Waals surface area contributed by atoms with Crippen LogP contribution in [0.25, 0.3) is 0 Å². The summed E-state index contributed by atoms with van der Waals surface area (Å²) < 4.78 is 9.16. The van der Waals surface area contributed by atoms with E-state index >= 15 is 0 Å². The lowest BCUT2D eigenvalue weighted by Crippen LogP contribution is -2.11. The summed E-state index contributed by atoms with van der Waals surface area (Å²) >= 11 is 1.25. The van der Waals surface area contributed by atoms with Crippen molar-refractivity contribution in [2.45, 2.75) is 13.8 Å². The van der Waals surface area contributed by atoms with Crippen LogP contribution in [0, 0.1) is 13.8 Å². The minimum Gasteiger partial charge on any atom is -0.495 e. The van der Waals surface area contributed by atoms with Crippen LogP contribution in [-0.4, -0.2) is 29.0 Å². The highest BCUT2D eigenvalue weighted by atomic mass is 32.1. The highest BCUT2D eigenvalue weighted by Crippen LogP contribution is 2.34. The van der Waals surface area contributed by atoms with E-state index < -0.39 is 0 Å². The number of benzene rings is 1. The number of rotatable bonds is 3. The quantitative estimate of drug-likeness (QED) is 0.836. The first kappa shape index (κ1) is 11.8. The molecule has 0 spiro atoms. The van der Waals surface area contributed by atoms with Gasteiger partial charge in [0.15, 0.2) is 0 Å². The molecule has 0 amide bonds. The average Bonchev–Trinajstić information content (AvgIpc) is 2.84. The van der Waals surface area contributed by atoms with Crippen molar-refractivity contribution in [2.24, 2.45) is 0 Å². The van der Waals surface area contributed by atoms with Gasteiger partial charge in [-0.15, -0.1) is 0 Å². The van der Waals surface area contributed by atoms with Crippen molar-refractivity contribution in [3.8, 4) is 5.75 Å². The van der Waals surface area contributed by atoms with E-state index in [4.69, 9.17) is 4.74 Å². The van der Waals surface area contributed by atoms with Crippen LogP contribution < -0.4 is 9.64 Å². The second kappa shape index (κ2) is 4.67. The van der Waals surface area contributed by atoms with Gasteiger partial charge in [-0.1, -0.05) is 9.59 Å². The summed E-state index contributed by atoms with van der Waals surface area (Å²) in [7, 11) is 3.59. The number of aromatic nitrogens is 3. The summed E-state index contributed by atoms with van der Waals surface area (Å²) in [6.45, 7) is 4.14. The van der Waals surface area contributed by atoms with Gasteiger partial charge in [0, 0.05) is 18.6 Å². The third-order valence-corrected chi connectivity index (χ3v) is 3.41. The summed E-state index contributed by atoms with van der Waals surface area (Å²) in [4.78, 5) is 1.93. The van der Waals surface area contributed by atoms with E-state index in [1.165, 1.54) is 22.7 Å². The second-order valence-electron chi connectivity index (χ2n) is 3.81. The smallest absolute Gasteiger partial charge is 0.232 e. The zero-order valence-corrected chi connectivity index (χ0v) is 11.1. The van der Waals surface area contributed by atoms with Crippen molar-refractivity contribution in [2.75, 3.05) is 19.1 Å². The van der Waals surface area contributed by atoms with E-state index in [0.29, 0.717) is 0 Å². The maximum Gasteiger partial charge on any atom is 0.232 e. The van der Waals surface area contributed by atoms with E-state index in [1.807, 2.05) is 18.0 Å². The third kappa shape index (κ3) is 2.21. The van der Waals surface area contributed by atoms with Crippen LogP contribution in [0.1, 0.15) is 11.1 Å². The van der Waals surface area contributed by atoms with Crippen LogP contribution in [-0.2, 0) is 0 Å². The van der Waals surface area contributed by atoms with Crippen molar-refractivity contribution in [3.05, 3.63) is 23.3 Å². The third-order valence-electron chi connectivity index (χ3n) is 2.73. The molecule has 0 bridgehead atoms. The topological polar surface area (TPSA) is 51.1 Å². The molecule has 17 heavy (non-hydrogen) atoms. The van der Waals surface area contributed by atoms with Crippen molar-refractivity contribution in [1.82, 2.24) is 14.8 Å². The molecule has 1 heterocycles. The summed E-state index contributed by atoms with van der Waals surface area (Å²) in [6.07, 6.45) is 0. The van der Waals surface area contributed by atoms with Crippen molar-refractivity contribution < 1.29 is 4.74 Å². The first-order valence-electron chi connectivity index (χ1n) is 5.17. The molecule has 0 unspecified atom stereocenters. The van der Waals surface area contributed by atoms with Gasteiger partial charge in [0.1, 0.15) is 5.75 Å². The lowest BCUT2D eigenvalue weighted by Gasteiger charge is -2.19. The highest BCUT2D eigenvalue weighted by Gasteiger charge is 2.14. The van der Waals surface area contributed by atoms with Gasteiger partial charge >= 0.3 is 0 Å². The molecule has 90 valence electrons. The Labute approximate surface area is 104 Å². The van der Waals surface area contributed by atoms with E-state index in [-0.39, 0.29) is 0 Å². The summed E-state index contributed by atoms with van der Waals surface area (Å²) in [5, 5.41) is 8.29. The van der Waals surface area contributed by atoms with Crippen LogP contribution in [0.5, 0.6) is 5.75 Å². The van der Waals surface area contributed by atoms with Gasteiger partial charge in [0.25, 0.3) is 0 Å². The molecule has 0 atom stereocenters. The number of anilines is 2. The maximum atomic E-state index is 5.39. The van der Waals surface area contributed by atoms with Gasteiger partial charge in [0.2, 0.25) is 5.13 Å². The Morgan fingerprint density at radius 2 is 1.94 bits per heavy atom. The Bertz CT molecular complexity index is 512. The van der Waals surface area contributed by atoms with E-state index in [9.17, 15) is 0 Å². The molecular weight excluding hydrogens is 236 g/mol. The normalized spacial score (nSPS) is 10.4. The first-order chi connectivity index (χ1) is 8.13. The van der Waals surface area contributed by atoms with Gasteiger partial charge in [0.05, 0.1) is 12.8 Å². The Morgan fingerprint density at radius 1 is 1.24 bits per heavy atom. The predicted molar refractivity (Wildman–Crippen MR) is 68.2 cm³/mol. The zero-order chi connectivity index (χ0) is 12.4. The number of nitrogens with zero attached hydrogens (tertiary/aromatic N) is 4. The number of methoxy groups -OCH3 is 1. The predicted octanol–water partition coefficient (Wildman–Crippen LogP) is 2.33. The molecule has 2 rings (SSSR count). The summed E-state index contributed by atoms with van der Waals surface area (Å²) in [5.74, 6) is 0.825. The molecule has 0 radical (unpaired) electrons. The fourth-order valence-corrected chi connectivity index (χ4v) is 2.00. The molecule has 0 aliphatic carbocycles. The molecule has 5 nitrogen and oxygen atoms in total. The van der Waals surface area contributed by atoms with Crippen LogP contribution >= 0.6 is 11.5 Å². The molecule has 0 aliphatic heterocycles.